The van der Waals surface area contributed by atoms with Crippen molar-refractivity contribution in [1.82, 2.24) is 5.32 Å². The number of ether oxygens (including phenoxy) is 2. The van der Waals surface area contributed by atoms with Crippen LogP contribution in [0.2, 0.25) is 5.02 Å². The summed E-state index contributed by atoms with van der Waals surface area (Å²) < 4.78 is 10.7. The van der Waals surface area contributed by atoms with Crippen LogP contribution < -0.4 is 10.1 Å². The van der Waals surface area contributed by atoms with Crippen molar-refractivity contribution in [3.05, 3.63) is 64.7 Å². The smallest absolute Gasteiger partial charge is 0.328 e. The predicted octanol–water partition coefficient (Wildman–Crippen LogP) is 4.54. The molecular formula is C26H30ClNO6. The van der Waals surface area contributed by atoms with E-state index in [1.54, 1.807) is 18.2 Å². The van der Waals surface area contributed by atoms with E-state index in [0.717, 1.165) is 24.0 Å². The van der Waals surface area contributed by atoms with Gasteiger partial charge in [0.15, 0.2) is 0 Å². The quantitative estimate of drug-likeness (QED) is 0.451. The molecule has 182 valence electrons. The molecule has 8 heteroatoms. The maximum absolute atomic E-state index is 12.8. The number of esters is 1. The molecule has 0 bridgehead atoms. The maximum Gasteiger partial charge on any atom is 0.328 e. The number of methoxy groups -OCH3 is 1. The monoisotopic (exact) mass is 487 g/mol. The van der Waals surface area contributed by atoms with Gasteiger partial charge in [0, 0.05) is 23.4 Å². The molecule has 34 heavy (non-hydrogen) atoms. The number of carbonyl (C=O) groups excluding carboxylic acids is 2. The summed E-state index contributed by atoms with van der Waals surface area (Å²) in [6.07, 6.45) is 3.50. The van der Waals surface area contributed by atoms with E-state index >= 15 is 0 Å². The lowest BCUT2D eigenvalue weighted by molar-refractivity contribution is -0.146. The average Bonchev–Trinajstić information content (AvgIpc) is 3.25. The first-order chi connectivity index (χ1) is 16.3. The Hall–Kier alpha value is -3.06. The molecule has 1 saturated carbocycles. The summed E-state index contributed by atoms with van der Waals surface area (Å²) >= 11 is 6.16. The van der Waals surface area contributed by atoms with Crippen LogP contribution in [0.5, 0.6) is 5.75 Å². The zero-order valence-electron chi connectivity index (χ0n) is 19.2. The van der Waals surface area contributed by atoms with E-state index in [4.69, 9.17) is 21.1 Å². The van der Waals surface area contributed by atoms with Crippen LogP contribution >= 0.6 is 11.6 Å². The molecule has 1 amide bonds. The van der Waals surface area contributed by atoms with E-state index in [2.05, 4.69) is 5.32 Å². The van der Waals surface area contributed by atoms with Crippen LogP contribution in [0.3, 0.4) is 0 Å². The van der Waals surface area contributed by atoms with E-state index in [1.807, 2.05) is 30.3 Å². The SMILES string of the molecule is COC(=O)C(Cc1ccc(OCc2ccccc2Cl)cc1)NC(=O)CC1(CC(=O)O)CCCC1. The van der Waals surface area contributed by atoms with Gasteiger partial charge >= 0.3 is 11.9 Å². The zero-order chi connectivity index (χ0) is 24.6. The molecule has 0 saturated heterocycles. The number of halogens is 1. The van der Waals surface area contributed by atoms with Gasteiger partial charge in [0.25, 0.3) is 0 Å². The van der Waals surface area contributed by atoms with Crippen molar-refractivity contribution >= 4 is 29.4 Å². The van der Waals surface area contributed by atoms with Gasteiger partial charge in [-0.1, -0.05) is 54.8 Å². The molecule has 1 aliphatic rings. The predicted molar refractivity (Wildman–Crippen MR) is 128 cm³/mol. The van der Waals surface area contributed by atoms with Crippen LogP contribution in [0.4, 0.5) is 0 Å². The molecule has 2 aromatic carbocycles. The first-order valence-electron chi connectivity index (χ1n) is 11.3. The minimum Gasteiger partial charge on any atom is -0.489 e. The second kappa shape index (κ2) is 11.9. The number of amides is 1. The standard InChI is InChI=1S/C26H30ClNO6/c1-33-25(32)22(28-23(29)15-26(16-24(30)31)12-4-5-13-26)14-18-8-10-20(11-9-18)34-17-19-6-2-3-7-21(19)27/h2-3,6-11,22H,4-5,12-17H2,1H3,(H,28,29)(H,30,31). The Kier molecular flexibility index (Phi) is 8.93. The van der Waals surface area contributed by atoms with Crippen molar-refractivity contribution in [3.8, 4) is 5.75 Å². The fraction of sp³-hybridized carbons (Fsp3) is 0.423. The third kappa shape index (κ3) is 7.22. The Labute approximate surface area is 204 Å². The van der Waals surface area contributed by atoms with E-state index in [1.165, 1.54) is 7.11 Å². The van der Waals surface area contributed by atoms with Crippen LogP contribution in [0.1, 0.15) is 49.7 Å². The lowest BCUT2D eigenvalue weighted by atomic mass is 9.79. The fourth-order valence-electron chi connectivity index (χ4n) is 4.52. The van der Waals surface area contributed by atoms with Crippen LogP contribution in [0.15, 0.2) is 48.5 Å². The van der Waals surface area contributed by atoms with Crippen molar-refractivity contribution < 1.29 is 29.0 Å². The summed E-state index contributed by atoms with van der Waals surface area (Å²) in [5.74, 6) is -1.14. The number of rotatable bonds is 11. The lowest BCUT2D eigenvalue weighted by Gasteiger charge is -2.27. The Morgan fingerprint density at radius 2 is 1.74 bits per heavy atom. The van der Waals surface area contributed by atoms with Crippen LogP contribution in [-0.2, 0) is 32.1 Å². The van der Waals surface area contributed by atoms with Crippen molar-refractivity contribution in [2.24, 2.45) is 5.41 Å². The van der Waals surface area contributed by atoms with Crippen molar-refractivity contribution in [1.29, 1.82) is 0 Å². The van der Waals surface area contributed by atoms with Crippen molar-refractivity contribution in [2.45, 2.75) is 57.6 Å². The van der Waals surface area contributed by atoms with Gasteiger partial charge < -0.3 is 19.9 Å². The molecule has 1 fully saturated rings. The normalized spacial score (nSPS) is 15.4. The van der Waals surface area contributed by atoms with Crippen LogP contribution in [0.25, 0.3) is 0 Å². The maximum atomic E-state index is 12.8. The molecular weight excluding hydrogens is 458 g/mol. The summed E-state index contributed by atoms with van der Waals surface area (Å²) in [6, 6.07) is 13.8. The second-order valence-corrected chi connectivity index (χ2v) is 9.23. The molecule has 3 rings (SSSR count). The first kappa shape index (κ1) is 25.6. The molecule has 0 heterocycles. The fourth-order valence-corrected chi connectivity index (χ4v) is 4.71. The number of aliphatic carboxylic acids is 1. The van der Waals surface area contributed by atoms with E-state index < -0.39 is 23.4 Å². The number of benzene rings is 2. The molecule has 2 N–H and O–H groups in total. The lowest BCUT2D eigenvalue weighted by Crippen LogP contribution is -2.44. The van der Waals surface area contributed by atoms with Gasteiger partial charge in [-0.25, -0.2) is 4.79 Å². The van der Waals surface area contributed by atoms with Gasteiger partial charge in [0.2, 0.25) is 5.91 Å². The van der Waals surface area contributed by atoms with Crippen LogP contribution in [0, 0.1) is 5.41 Å². The largest absolute Gasteiger partial charge is 0.489 e. The summed E-state index contributed by atoms with van der Waals surface area (Å²) in [5, 5.41) is 12.7. The van der Waals surface area contributed by atoms with Crippen molar-refractivity contribution in [3.63, 3.8) is 0 Å². The molecule has 1 aliphatic carbocycles. The van der Waals surface area contributed by atoms with Gasteiger partial charge in [-0.15, -0.1) is 0 Å². The third-order valence-corrected chi connectivity index (χ3v) is 6.63. The molecule has 1 unspecified atom stereocenters. The average molecular weight is 488 g/mol. The molecule has 7 nitrogen and oxygen atoms in total. The van der Waals surface area contributed by atoms with Crippen molar-refractivity contribution in [2.75, 3.05) is 7.11 Å². The van der Waals surface area contributed by atoms with Crippen LogP contribution in [-0.4, -0.2) is 36.1 Å². The number of carboxylic acids is 1. The molecule has 0 aliphatic heterocycles. The van der Waals surface area contributed by atoms with Gasteiger partial charge in [0.05, 0.1) is 13.5 Å². The Balaban J connectivity index is 1.60. The van der Waals surface area contributed by atoms with Gasteiger partial charge in [-0.05, 0) is 42.0 Å². The molecule has 0 spiro atoms. The Morgan fingerprint density at radius 3 is 2.35 bits per heavy atom. The number of carboxylic acid groups (broad SMARTS) is 1. The number of hydrogen-bond acceptors (Lipinski definition) is 5. The van der Waals surface area contributed by atoms with Gasteiger partial charge in [-0.3, -0.25) is 9.59 Å². The molecule has 0 radical (unpaired) electrons. The van der Waals surface area contributed by atoms with E-state index in [9.17, 15) is 19.5 Å². The number of carbonyl (C=O) groups is 3. The van der Waals surface area contributed by atoms with E-state index in [0.29, 0.717) is 30.2 Å². The minimum absolute atomic E-state index is 0.0427. The molecule has 0 aromatic heterocycles. The number of hydrogen-bond donors (Lipinski definition) is 2. The Bertz CT molecular complexity index is 1000. The van der Waals surface area contributed by atoms with E-state index in [-0.39, 0.29) is 25.2 Å². The topological polar surface area (TPSA) is 102 Å². The first-order valence-corrected chi connectivity index (χ1v) is 11.7. The molecule has 2 aromatic rings. The highest BCUT2D eigenvalue weighted by atomic mass is 35.5. The highest BCUT2D eigenvalue weighted by molar-refractivity contribution is 6.31. The van der Waals surface area contributed by atoms with Gasteiger partial charge in [0.1, 0.15) is 18.4 Å². The Morgan fingerprint density at radius 1 is 1.06 bits per heavy atom. The molecule has 1 atom stereocenters. The summed E-state index contributed by atoms with van der Waals surface area (Å²) in [6.45, 7) is 0.331. The summed E-state index contributed by atoms with van der Waals surface area (Å²) in [7, 11) is 1.27. The summed E-state index contributed by atoms with van der Waals surface area (Å²) in [5.41, 5.74) is 1.16. The zero-order valence-corrected chi connectivity index (χ0v) is 20.0. The second-order valence-electron chi connectivity index (χ2n) is 8.83. The highest BCUT2D eigenvalue weighted by Gasteiger charge is 2.38. The highest BCUT2D eigenvalue weighted by Crippen LogP contribution is 2.44. The van der Waals surface area contributed by atoms with Gasteiger partial charge in [-0.2, -0.15) is 0 Å². The summed E-state index contributed by atoms with van der Waals surface area (Å²) in [4.78, 5) is 36.4. The minimum atomic E-state index is -0.906. The number of nitrogens with one attached hydrogen (secondary N) is 1. The third-order valence-electron chi connectivity index (χ3n) is 6.26.